The number of aromatic amines is 1. The van der Waals surface area contributed by atoms with E-state index in [1.165, 1.54) is 4.57 Å². The summed E-state index contributed by atoms with van der Waals surface area (Å²) >= 11 is 5.27. The Hall–Kier alpha value is -2.68. The second kappa shape index (κ2) is 9.01. The summed E-state index contributed by atoms with van der Waals surface area (Å²) < 4.78 is 6.71. The maximum Gasteiger partial charge on any atom is 0.409 e. The molecule has 1 fully saturated rings. The monoisotopic (exact) mass is 404 g/mol. The zero-order chi connectivity index (χ0) is 20.1. The first kappa shape index (κ1) is 20.1. The molecule has 0 unspecified atom stereocenters. The lowest BCUT2D eigenvalue weighted by atomic mass is 10.1. The SMILES string of the molecule is CCOC(=O)N1CCC(NC(=O)CCn2c(=S)[nH]c3ccccc3c2=O)CC1. The molecule has 150 valence electrons. The number of nitrogens with one attached hydrogen (secondary N) is 2. The number of para-hydroxylation sites is 1. The number of rotatable bonds is 5. The maximum absolute atomic E-state index is 12.6. The van der Waals surface area contributed by atoms with E-state index in [-0.39, 0.29) is 36.6 Å². The van der Waals surface area contributed by atoms with Gasteiger partial charge in [0.15, 0.2) is 4.77 Å². The molecule has 2 N–H and O–H groups in total. The van der Waals surface area contributed by atoms with Crippen LogP contribution in [0, 0.1) is 4.77 Å². The molecule has 1 aromatic carbocycles. The van der Waals surface area contributed by atoms with E-state index >= 15 is 0 Å². The number of amides is 2. The highest BCUT2D eigenvalue weighted by Crippen LogP contribution is 2.12. The Morgan fingerprint density at radius 3 is 2.71 bits per heavy atom. The first-order valence-corrected chi connectivity index (χ1v) is 9.83. The normalized spacial score (nSPS) is 14.8. The highest BCUT2D eigenvalue weighted by molar-refractivity contribution is 7.71. The molecular weight excluding hydrogens is 380 g/mol. The Labute approximate surface area is 167 Å². The molecule has 0 saturated carbocycles. The van der Waals surface area contributed by atoms with Crippen LogP contribution in [-0.2, 0) is 16.1 Å². The van der Waals surface area contributed by atoms with Crippen LogP contribution in [0.5, 0.6) is 0 Å². The van der Waals surface area contributed by atoms with Gasteiger partial charge < -0.3 is 19.9 Å². The summed E-state index contributed by atoms with van der Waals surface area (Å²) in [4.78, 5) is 41.3. The van der Waals surface area contributed by atoms with E-state index < -0.39 is 0 Å². The molecule has 1 aliphatic heterocycles. The number of likely N-dealkylation sites (tertiary alicyclic amines) is 1. The van der Waals surface area contributed by atoms with Crippen LogP contribution in [0.3, 0.4) is 0 Å². The number of piperidine rings is 1. The Balaban J connectivity index is 1.54. The van der Waals surface area contributed by atoms with Crippen molar-refractivity contribution in [3.05, 3.63) is 39.4 Å². The third-order valence-corrected chi connectivity index (χ3v) is 5.16. The summed E-state index contributed by atoms with van der Waals surface area (Å²) in [7, 11) is 0. The number of benzene rings is 1. The van der Waals surface area contributed by atoms with Crippen molar-refractivity contribution < 1.29 is 14.3 Å². The number of hydrogen-bond donors (Lipinski definition) is 2. The first-order valence-electron chi connectivity index (χ1n) is 9.42. The predicted octanol–water partition coefficient (Wildman–Crippen LogP) is 2.19. The minimum atomic E-state index is -0.308. The number of H-pyrrole nitrogens is 1. The lowest BCUT2D eigenvalue weighted by Gasteiger charge is -2.31. The zero-order valence-electron chi connectivity index (χ0n) is 15.8. The number of fused-ring (bicyclic) bond motifs is 1. The maximum atomic E-state index is 12.6. The summed E-state index contributed by atoms with van der Waals surface area (Å²) in [5, 5.41) is 3.52. The average molecular weight is 404 g/mol. The molecule has 2 aromatic rings. The van der Waals surface area contributed by atoms with Gasteiger partial charge in [-0.25, -0.2) is 4.79 Å². The Bertz CT molecular complexity index is 976. The van der Waals surface area contributed by atoms with Crippen LogP contribution in [0.1, 0.15) is 26.2 Å². The smallest absolute Gasteiger partial charge is 0.409 e. The van der Waals surface area contributed by atoms with Gasteiger partial charge in [0, 0.05) is 32.1 Å². The van der Waals surface area contributed by atoms with Gasteiger partial charge in [0.05, 0.1) is 17.5 Å². The third-order valence-electron chi connectivity index (χ3n) is 4.84. The fraction of sp³-hybridized carbons (Fsp3) is 0.474. The molecule has 0 radical (unpaired) electrons. The molecule has 9 heteroatoms. The lowest BCUT2D eigenvalue weighted by molar-refractivity contribution is -0.122. The molecular formula is C19H24N4O4S. The third kappa shape index (κ3) is 4.59. The molecule has 3 rings (SSSR count). The summed E-state index contributed by atoms with van der Waals surface area (Å²) in [5.74, 6) is -0.135. The van der Waals surface area contributed by atoms with E-state index in [1.54, 1.807) is 30.0 Å². The highest BCUT2D eigenvalue weighted by atomic mass is 32.1. The Morgan fingerprint density at radius 1 is 1.29 bits per heavy atom. The van der Waals surface area contributed by atoms with Crippen LogP contribution in [0.2, 0.25) is 0 Å². The average Bonchev–Trinajstić information content (AvgIpc) is 2.68. The predicted molar refractivity (Wildman–Crippen MR) is 108 cm³/mol. The fourth-order valence-corrected chi connectivity index (χ4v) is 3.62. The van der Waals surface area contributed by atoms with Crippen LogP contribution in [-0.4, -0.2) is 52.2 Å². The van der Waals surface area contributed by atoms with E-state index in [9.17, 15) is 14.4 Å². The first-order chi connectivity index (χ1) is 13.5. The van der Waals surface area contributed by atoms with Gasteiger partial charge in [0.25, 0.3) is 5.56 Å². The number of aromatic nitrogens is 2. The highest BCUT2D eigenvalue weighted by Gasteiger charge is 2.24. The largest absolute Gasteiger partial charge is 0.450 e. The van der Waals surface area contributed by atoms with E-state index in [0.29, 0.717) is 48.2 Å². The number of carbonyl (C=O) groups is 2. The molecule has 0 aliphatic carbocycles. The molecule has 1 aliphatic rings. The molecule has 1 aromatic heterocycles. The molecule has 28 heavy (non-hydrogen) atoms. The molecule has 2 heterocycles. The molecule has 2 amide bonds. The van der Waals surface area contributed by atoms with E-state index in [4.69, 9.17) is 17.0 Å². The second-order valence-electron chi connectivity index (χ2n) is 6.71. The molecule has 0 atom stereocenters. The topological polar surface area (TPSA) is 96.4 Å². The van der Waals surface area contributed by atoms with Crippen molar-refractivity contribution in [3.63, 3.8) is 0 Å². The van der Waals surface area contributed by atoms with Gasteiger partial charge >= 0.3 is 6.09 Å². The molecule has 8 nitrogen and oxygen atoms in total. The minimum Gasteiger partial charge on any atom is -0.450 e. The van der Waals surface area contributed by atoms with Crippen LogP contribution in [0.25, 0.3) is 10.9 Å². The number of hydrogen-bond acceptors (Lipinski definition) is 5. The van der Waals surface area contributed by atoms with Gasteiger partial charge in [-0.3, -0.25) is 14.2 Å². The van der Waals surface area contributed by atoms with Crippen molar-refractivity contribution in [2.45, 2.75) is 38.8 Å². The summed E-state index contributed by atoms with van der Waals surface area (Å²) in [5.41, 5.74) is 0.487. The van der Waals surface area contributed by atoms with Crippen LogP contribution in [0.4, 0.5) is 4.79 Å². The number of carbonyl (C=O) groups excluding carboxylic acids is 2. The van der Waals surface area contributed by atoms with Crippen molar-refractivity contribution in [3.8, 4) is 0 Å². The van der Waals surface area contributed by atoms with E-state index in [2.05, 4.69) is 10.3 Å². The number of nitrogens with zero attached hydrogens (tertiary/aromatic N) is 2. The fourth-order valence-electron chi connectivity index (χ4n) is 3.34. The van der Waals surface area contributed by atoms with Crippen LogP contribution < -0.4 is 10.9 Å². The zero-order valence-corrected chi connectivity index (χ0v) is 16.6. The van der Waals surface area contributed by atoms with Crippen molar-refractivity contribution in [2.75, 3.05) is 19.7 Å². The van der Waals surface area contributed by atoms with Crippen LogP contribution >= 0.6 is 12.2 Å². The second-order valence-corrected chi connectivity index (χ2v) is 7.10. The lowest BCUT2D eigenvalue weighted by Crippen LogP contribution is -2.46. The molecule has 0 spiro atoms. The summed E-state index contributed by atoms with van der Waals surface area (Å²) in [6, 6.07) is 7.17. The molecule has 1 saturated heterocycles. The van der Waals surface area contributed by atoms with Crippen LogP contribution in [0.15, 0.2) is 29.1 Å². The van der Waals surface area contributed by atoms with Crippen molar-refractivity contribution >= 4 is 35.1 Å². The number of ether oxygens (including phenoxy) is 1. The van der Waals surface area contributed by atoms with Gasteiger partial charge in [0.2, 0.25) is 5.91 Å². The van der Waals surface area contributed by atoms with Gasteiger partial charge in [0.1, 0.15) is 0 Å². The van der Waals surface area contributed by atoms with E-state index in [0.717, 1.165) is 0 Å². The van der Waals surface area contributed by atoms with Crippen molar-refractivity contribution in [2.24, 2.45) is 0 Å². The Kier molecular flexibility index (Phi) is 6.45. The Morgan fingerprint density at radius 2 is 2.00 bits per heavy atom. The van der Waals surface area contributed by atoms with Gasteiger partial charge in [-0.1, -0.05) is 12.1 Å². The van der Waals surface area contributed by atoms with Crippen molar-refractivity contribution in [1.29, 1.82) is 0 Å². The standard InChI is InChI=1S/C19H24N4O4S/c1-2-27-19(26)22-10-7-13(8-11-22)20-16(24)9-12-23-17(25)14-5-3-4-6-15(14)21-18(23)28/h3-6,13H,2,7-12H2,1H3,(H,20,24)(H,21,28). The van der Waals surface area contributed by atoms with Gasteiger partial charge in [-0.15, -0.1) is 0 Å². The van der Waals surface area contributed by atoms with Gasteiger partial charge in [-0.2, -0.15) is 0 Å². The van der Waals surface area contributed by atoms with E-state index in [1.807, 2.05) is 6.07 Å². The summed E-state index contributed by atoms with van der Waals surface area (Å²) in [6.07, 6.45) is 1.21. The van der Waals surface area contributed by atoms with Crippen molar-refractivity contribution in [1.82, 2.24) is 19.8 Å². The molecule has 0 bridgehead atoms. The minimum absolute atomic E-state index is 0.0148. The van der Waals surface area contributed by atoms with Gasteiger partial charge in [-0.05, 0) is 44.1 Å². The quantitative estimate of drug-likeness (QED) is 0.745. The summed E-state index contributed by atoms with van der Waals surface area (Å²) in [6.45, 7) is 3.45.